The van der Waals surface area contributed by atoms with Gasteiger partial charge in [0.05, 0.1) is 24.0 Å². The van der Waals surface area contributed by atoms with E-state index in [-0.39, 0.29) is 0 Å². The summed E-state index contributed by atoms with van der Waals surface area (Å²) in [6.07, 6.45) is 3.78. The number of hydrogen-bond acceptors (Lipinski definition) is 5. The first-order valence-corrected chi connectivity index (χ1v) is 9.08. The van der Waals surface area contributed by atoms with Crippen LogP contribution in [0.25, 0.3) is 11.1 Å². The van der Waals surface area contributed by atoms with E-state index in [4.69, 9.17) is 5.73 Å². The Kier molecular flexibility index (Phi) is 4.99. The molecule has 3 heterocycles. The highest BCUT2D eigenvalue weighted by Crippen LogP contribution is 2.30. The highest BCUT2D eigenvalue weighted by atomic mass is 19.1. The smallest absolute Gasteiger partial charge is 0.253 e. The van der Waals surface area contributed by atoms with Crippen LogP contribution in [0.2, 0.25) is 0 Å². The van der Waals surface area contributed by atoms with Crippen molar-refractivity contribution in [2.75, 3.05) is 11.9 Å². The van der Waals surface area contributed by atoms with Gasteiger partial charge in [0.15, 0.2) is 0 Å². The second kappa shape index (κ2) is 7.74. The summed E-state index contributed by atoms with van der Waals surface area (Å²) in [4.78, 5) is 20.5. The van der Waals surface area contributed by atoms with Gasteiger partial charge in [0.1, 0.15) is 11.6 Å². The number of nitrogens with two attached hydrogens (primary N) is 1. The molecule has 142 valence electrons. The second-order valence-electron chi connectivity index (χ2n) is 6.68. The SMILES string of the molecule is NC(=O)c1c(-c2ccc3c(c2)CNCC3)ccnc1NCc1ccc(F)cn1. The molecule has 0 radical (unpaired) electrons. The van der Waals surface area contributed by atoms with Gasteiger partial charge in [-0.3, -0.25) is 9.78 Å². The standard InChI is InChI=1S/C21H20FN5O/c22-16-3-4-17(26-11-16)12-27-21-19(20(23)28)18(6-8-25-21)14-2-1-13-5-7-24-10-15(13)9-14/h1-4,6,8-9,11,24H,5,7,10,12H2,(H2,23,28)(H,25,27). The van der Waals surface area contributed by atoms with Crippen LogP contribution in [0.4, 0.5) is 10.2 Å². The van der Waals surface area contributed by atoms with Crippen LogP contribution in [0.3, 0.4) is 0 Å². The second-order valence-corrected chi connectivity index (χ2v) is 6.68. The summed E-state index contributed by atoms with van der Waals surface area (Å²) in [5, 5.41) is 6.45. The topological polar surface area (TPSA) is 92.9 Å². The molecule has 0 saturated carbocycles. The van der Waals surface area contributed by atoms with Crippen LogP contribution in [0.5, 0.6) is 0 Å². The summed E-state index contributed by atoms with van der Waals surface area (Å²) < 4.78 is 13.0. The molecule has 4 N–H and O–H groups in total. The number of nitrogens with zero attached hydrogens (tertiary/aromatic N) is 2. The first-order chi connectivity index (χ1) is 13.6. The lowest BCUT2D eigenvalue weighted by Crippen LogP contribution is -2.23. The van der Waals surface area contributed by atoms with Crippen molar-refractivity contribution >= 4 is 11.7 Å². The number of halogens is 1. The molecule has 0 fully saturated rings. The van der Waals surface area contributed by atoms with Gasteiger partial charge in [-0.25, -0.2) is 9.37 Å². The number of benzene rings is 1. The molecule has 0 bridgehead atoms. The van der Waals surface area contributed by atoms with E-state index < -0.39 is 11.7 Å². The number of nitrogens with one attached hydrogen (secondary N) is 2. The van der Waals surface area contributed by atoms with E-state index in [0.717, 1.165) is 36.8 Å². The van der Waals surface area contributed by atoms with Crippen LogP contribution in [-0.4, -0.2) is 22.4 Å². The monoisotopic (exact) mass is 377 g/mol. The first-order valence-electron chi connectivity index (χ1n) is 9.08. The third kappa shape index (κ3) is 3.70. The molecule has 1 aromatic carbocycles. The summed E-state index contributed by atoms with van der Waals surface area (Å²) in [6, 6.07) is 10.9. The fourth-order valence-corrected chi connectivity index (χ4v) is 3.42. The number of fused-ring (bicyclic) bond motifs is 1. The average Bonchev–Trinajstić information content (AvgIpc) is 2.72. The highest BCUT2D eigenvalue weighted by Gasteiger charge is 2.18. The van der Waals surface area contributed by atoms with Gasteiger partial charge in [0.2, 0.25) is 0 Å². The normalized spacial score (nSPS) is 13.0. The predicted octanol–water partition coefficient (Wildman–Crippen LogP) is 2.64. The van der Waals surface area contributed by atoms with E-state index in [1.807, 2.05) is 6.07 Å². The van der Waals surface area contributed by atoms with Gasteiger partial charge < -0.3 is 16.4 Å². The van der Waals surface area contributed by atoms with Crippen LogP contribution < -0.4 is 16.4 Å². The van der Waals surface area contributed by atoms with Crippen molar-refractivity contribution in [1.82, 2.24) is 15.3 Å². The van der Waals surface area contributed by atoms with Crippen molar-refractivity contribution in [2.45, 2.75) is 19.5 Å². The molecular formula is C21H20FN5O. The van der Waals surface area contributed by atoms with E-state index in [9.17, 15) is 9.18 Å². The zero-order valence-electron chi connectivity index (χ0n) is 15.2. The number of carbonyl (C=O) groups is 1. The van der Waals surface area contributed by atoms with Gasteiger partial charge in [-0.1, -0.05) is 12.1 Å². The molecule has 0 saturated heterocycles. The highest BCUT2D eigenvalue weighted by molar-refractivity contribution is 6.04. The number of aromatic nitrogens is 2. The maximum Gasteiger partial charge on any atom is 0.253 e. The fraction of sp³-hybridized carbons (Fsp3) is 0.190. The molecule has 0 aliphatic carbocycles. The van der Waals surface area contributed by atoms with E-state index in [1.165, 1.54) is 17.2 Å². The minimum atomic E-state index is -0.562. The molecule has 3 aromatic rings. The van der Waals surface area contributed by atoms with E-state index in [1.54, 1.807) is 18.3 Å². The lowest BCUT2D eigenvalue weighted by Gasteiger charge is -2.19. The van der Waals surface area contributed by atoms with Crippen LogP contribution in [0.15, 0.2) is 48.8 Å². The Morgan fingerprint density at radius 1 is 1.18 bits per heavy atom. The minimum absolute atomic E-state index is 0.297. The lowest BCUT2D eigenvalue weighted by atomic mass is 9.93. The molecule has 0 spiro atoms. The molecule has 7 heteroatoms. The summed E-state index contributed by atoms with van der Waals surface area (Å²) in [5.41, 5.74) is 10.8. The Balaban J connectivity index is 1.67. The van der Waals surface area contributed by atoms with Crippen molar-refractivity contribution < 1.29 is 9.18 Å². The molecule has 28 heavy (non-hydrogen) atoms. The van der Waals surface area contributed by atoms with E-state index in [0.29, 0.717) is 23.6 Å². The molecule has 1 amide bonds. The van der Waals surface area contributed by atoms with Crippen LogP contribution in [-0.2, 0) is 19.5 Å². The quantitative estimate of drug-likeness (QED) is 0.636. The van der Waals surface area contributed by atoms with Gasteiger partial charge in [0.25, 0.3) is 5.91 Å². The average molecular weight is 377 g/mol. The van der Waals surface area contributed by atoms with E-state index >= 15 is 0 Å². The third-order valence-corrected chi connectivity index (χ3v) is 4.83. The van der Waals surface area contributed by atoms with Crippen molar-refractivity contribution in [3.63, 3.8) is 0 Å². The largest absolute Gasteiger partial charge is 0.365 e. The number of amides is 1. The summed E-state index contributed by atoms with van der Waals surface area (Å²) in [7, 11) is 0. The van der Waals surface area contributed by atoms with Crippen LogP contribution in [0.1, 0.15) is 27.2 Å². The summed E-state index contributed by atoms with van der Waals surface area (Å²) in [6.45, 7) is 2.08. The lowest BCUT2D eigenvalue weighted by molar-refractivity contribution is 0.100. The first kappa shape index (κ1) is 18.1. The van der Waals surface area contributed by atoms with Crippen molar-refractivity contribution in [3.8, 4) is 11.1 Å². The van der Waals surface area contributed by atoms with Crippen molar-refractivity contribution in [3.05, 3.63) is 77.0 Å². The van der Waals surface area contributed by atoms with Gasteiger partial charge >= 0.3 is 0 Å². The number of pyridine rings is 2. The van der Waals surface area contributed by atoms with Crippen molar-refractivity contribution in [2.24, 2.45) is 5.73 Å². The molecule has 6 nitrogen and oxygen atoms in total. The van der Waals surface area contributed by atoms with Gasteiger partial charge in [-0.05, 0) is 59.5 Å². The van der Waals surface area contributed by atoms with Gasteiger partial charge in [-0.2, -0.15) is 0 Å². The molecule has 0 atom stereocenters. The van der Waals surface area contributed by atoms with Crippen LogP contribution >= 0.6 is 0 Å². The maximum atomic E-state index is 13.0. The zero-order valence-corrected chi connectivity index (χ0v) is 15.2. The molecule has 1 aliphatic rings. The Labute approximate surface area is 162 Å². The number of anilines is 1. The van der Waals surface area contributed by atoms with Gasteiger partial charge in [-0.15, -0.1) is 0 Å². The number of primary amides is 1. The number of carbonyl (C=O) groups excluding carboxylic acids is 1. The van der Waals surface area contributed by atoms with Gasteiger partial charge in [0, 0.05) is 12.7 Å². The maximum absolute atomic E-state index is 13.0. The van der Waals surface area contributed by atoms with Crippen LogP contribution in [0, 0.1) is 5.82 Å². The Bertz CT molecular complexity index is 1020. The molecule has 0 unspecified atom stereocenters. The molecule has 1 aliphatic heterocycles. The van der Waals surface area contributed by atoms with Crippen molar-refractivity contribution in [1.29, 1.82) is 0 Å². The molecular weight excluding hydrogens is 357 g/mol. The number of hydrogen-bond donors (Lipinski definition) is 3. The zero-order chi connectivity index (χ0) is 19.5. The van der Waals surface area contributed by atoms with E-state index in [2.05, 4.69) is 32.7 Å². The summed E-state index contributed by atoms with van der Waals surface area (Å²) in [5.74, 6) is -0.580. The Morgan fingerprint density at radius 3 is 2.86 bits per heavy atom. The molecule has 2 aromatic heterocycles. The Morgan fingerprint density at radius 2 is 2.07 bits per heavy atom. The Hall–Kier alpha value is -3.32. The fourth-order valence-electron chi connectivity index (χ4n) is 3.42. The third-order valence-electron chi connectivity index (χ3n) is 4.83. The summed E-state index contributed by atoms with van der Waals surface area (Å²) >= 11 is 0. The number of rotatable bonds is 5. The predicted molar refractivity (Wildman–Crippen MR) is 105 cm³/mol. The molecule has 4 rings (SSSR count). The minimum Gasteiger partial charge on any atom is -0.365 e.